The Labute approximate surface area is 187 Å². The second-order valence-corrected chi connectivity index (χ2v) is 6.88. The molecule has 3 atom stereocenters. The number of benzene rings is 2. The van der Waals surface area contributed by atoms with Gasteiger partial charge < -0.3 is 14.3 Å². The topological polar surface area (TPSA) is 74.2 Å². The van der Waals surface area contributed by atoms with Crippen LogP contribution in [0.25, 0.3) is 12.2 Å². The SMILES string of the molecule is CON=C[C@@H](F)[C@H](OC(=O)/C=C/c1ccccc1)[C@@H](C)COC(=O)/C=C/c1ccccc1. The van der Waals surface area contributed by atoms with E-state index in [1.807, 2.05) is 60.7 Å². The van der Waals surface area contributed by atoms with Crippen LogP contribution in [0.15, 0.2) is 78.0 Å². The minimum atomic E-state index is -1.75. The van der Waals surface area contributed by atoms with Crippen molar-refractivity contribution in [2.75, 3.05) is 13.7 Å². The molecule has 0 amide bonds. The van der Waals surface area contributed by atoms with Crippen molar-refractivity contribution in [1.29, 1.82) is 0 Å². The molecule has 0 heterocycles. The van der Waals surface area contributed by atoms with Gasteiger partial charge >= 0.3 is 11.9 Å². The summed E-state index contributed by atoms with van der Waals surface area (Å²) in [6, 6.07) is 18.4. The van der Waals surface area contributed by atoms with E-state index in [1.54, 1.807) is 19.1 Å². The van der Waals surface area contributed by atoms with Gasteiger partial charge in [-0.3, -0.25) is 0 Å². The summed E-state index contributed by atoms with van der Waals surface area (Å²) in [6.45, 7) is 1.46. The number of carbonyl (C=O) groups is 2. The van der Waals surface area contributed by atoms with Gasteiger partial charge in [0.25, 0.3) is 0 Å². The molecule has 2 aromatic rings. The molecule has 0 radical (unpaired) electrons. The molecule has 0 N–H and O–H groups in total. The van der Waals surface area contributed by atoms with E-state index < -0.39 is 30.1 Å². The van der Waals surface area contributed by atoms with Crippen LogP contribution in [-0.2, 0) is 23.9 Å². The van der Waals surface area contributed by atoms with Crippen LogP contribution in [0.2, 0.25) is 0 Å². The Morgan fingerprint density at radius 1 is 0.938 bits per heavy atom. The molecular weight excluding hydrogens is 413 g/mol. The summed E-state index contributed by atoms with van der Waals surface area (Å²) in [5.74, 6) is -1.96. The second kappa shape index (κ2) is 13.5. The van der Waals surface area contributed by atoms with Gasteiger partial charge in [-0.1, -0.05) is 72.7 Å². The van der Waals surface area contributed by atoms with Crippen molar-refractivity contribution in [3.63, 3.8) is 0 Å². The highest BCUT2D eigenvalue weighted by molar-refractivity contribution is 5.88. The number of hydrogen-bond acceptors (Lipinski definition) is 6. The molecule has 0 aromatic heterocycles. The fourth-order valence-electron chi connectivity index (χ4n) is 2.69. The molecule has 2 rings (SSSR count). The van der Waals surface area contributed by atoms with Gasteiger partial charge in [-0.25, -0.2) is 14.0 Å². The Balaban J connectivity index is 1.97. The molecule has 32 heavy (non-hydrogen) atoms. The van der Waals surface area contributed by atoms with Crippen LogP contribution in [0.3, 0.4) is 0 Å². The Bertz CT molecular complexity index is 928. The Hall–Kier alpha value is -3.74. The third-order valence-electron chi connectivity index (χ3n) is 4.35. The van der Waals surface area contributed by atoms with Gasteiger partial charge in [0.2, 0.25) is 0 Å². The molecule has 0 fully saturated rings. The lowest BCUT2D eigenvalue weighted by Crippen LogP contribution is -2.37. The summed E-state index contributed by atoms with van der Waals surface area (Å²) >= 11 is 0. The van der Waals surface area contributed by atoms with Crippen molar-refractivity contribution in [2.24, 2.45) is 11.1 Å². The van der Waals surface area contributed by atoms with Gasteiger partial charge in [-0.2, -0.15) is 0 Å². The molecule has 0 aliphatic rings. The van der Waals surface area contributed by atoms with Crippen molar-refractivity contribution < 1.29 is 28.3 Å². The number of hydrogen-bond donors (Lipinski definition) is 0. The first-order chi connectivity index (χ1) is 15.5. The number of oxime groups is 1. The van der Waals surface area contributed by atoms with Crippen LogP contribution >= 0.6 is 0 Å². The maximum absolute atomic E-state index is 14.6. The van der Waals surface area contributed by atoms with Crippen LogP contribution in [0.5, 0.6) is 0 Å². The highest BCUT2D eigenvalue weighted by Crippen LogP contribution is 2.16. The molecule has 0 bridgehead atoms. The van der Waals surface area contributed by atoms with Crippen LogP contribution in [0.4, 0.5) is 4.39 Å². The van der Waals surface area contributed by atoms with Gasteiger partial charge in [0.1, 0.15) is 13.2 Å². The van der Waals surface area contributed by atoms with Gasteiger partial charge in [0, 0.05) is 18.1 Å². The summed E-state index contributed by atoms with van der Waals surface area (Å²) in [4.78, 5) is 28.7. The molecule has 7 heteroatoms. The highest BCUT2D eigenvalue weighted by Gasteiger charge is 2.30. The molecule has 2 aromatic carbocycles. The highest BCUT2D eigenvalue weighted by atomic mass is 19.1. The summed E-state index contributed by atoms with van der Waals surface area (Å²) in [5.41, 5.74) is 1.64. The maximum atomic E-state index is 14.6. The molecule has 0 saturated heterocycles. The number of carbonyl (C=O) groups excluding carboxylic acids is 2. The van der Waals surface area contributed by atoms with Gasteiger partial charge in [0.15, 0.2) is 6.17 Å². The fourth-order valence-corrected chi connectivity index (χ4v) is 2.69. The molecule has 6 nitrogen and oxygen atoms in total. The van der Waals surface area contributed by atoms with E-state index in [0.29, 0.717) is 0 Å². The second-order valence-electron chi connectivity index (χ2n) is 6.88. The van der Waals surface area contributed by atoms with Crippen molar-refractivity contribution in [1.82, 2.24) is 0 Å². The van der Waals surface area contributed by atoms with E-state index in [2.05, 4.69) is 9.99 Å². The smallest absolute Gasteiger partial charge is 0.331 e. The number of rotatable bonds is 11. The largest absolute Gasteiger partial charge is 0.462 e. The van der Waals surface area contributed by atoms with Crippen molar-refractivity contribution in [3.8, 4) is 0 Å². The van der Waals surface area contributed by atoms with E-state index in [4.69, 9.17) is 9.47 Å². The number of halogens is 1. The number of alkyl halides is 1. The molecule has 0 aliphatic heterocycles. The van der Waals surface area contributed by atoms with Gasteiger partial charge in [-0.15, -0.1) is 0 Å². The minimum absolute atomic E-state index is 0.153. The average Bonchev–Trinajstić information content (AvgIpc) is 2.83. The first-order valence-electron chi connectivity index (χ1n) is 10.0. The lowest BCUT2D eigenvalue weighted by atomic mass is 10.0. The number of nitrogens with zero attached hydrogens (tertiary/aromatic N) is 1. The number of esters is 2. The van der Waals surface area contributed by atoms with Gasteiger partial charge in [-0.05, 0) is 23.3 Å². The summed E-state index contributed by atoms with van der Waals surface area (Å²) in [5, 5.41) is 3.41. The third kappa shape index (κ3) is 8.95. The maximum Gasteiger partial charge on any atom is 0.331 e. The van der Waals surface area contributed by atoms with Crippen LogP contribution in [-0.4, -0.2) is 44.1 Å². The fraction of sp³-hybridized carbons (Fsp3) is 0.240. The van der Waals surface area contributed by atoms with Crippen molar-refractivity contribution in [3.05, 3.63) is 83.9 Å². The third-order valence-corrected chi connectivity index (χ3v) is 4.35. The molecule has 0 aliphatic carbocycles. The van der Waals surface area contributed by atoms with E-state index in [0.717, 1.165) is 17.3 Å². The zero-order valence-corrected chi connectivity index (χ0v) is 18.0. The first-order valence-corrected chi connectivity index (χ1v) is 10.0. The summed E-state index contributed by atoms with van der Waals surface area (Å²) in [6.07, 6.45) is 3.59. The number of ether oxygens (including phenoxy) is 2. The average molecular weight is 439 g/mol. The Morgan fingerprint density at radius 2 is 1.47 bits per heavy atom. The van der Waals surface area contributed by atoms with E-state index >= 15 is 0 Å². The quantitative estimate of drug-likeness (QED) is 0.223. The van der Waals surface area contributed by atoms with Crippen molar-refractivity contribution >= 4 is 30.3 Å². The predicted molar refractivity (Wildman–Crippen MR) is 121 cm³/mol. The molecule has 168 valence electrons. The normalized spacial score (nSPS) is 14.3. The zero-order valence-electron chi connectivity index (χ0n) is 18.0. The summed E-state index contributed by atoms with van der Waals surface area (Å²) in [7, 11) is 1.27. The standard InChI is InChI=1S/C25H26FNO5/c1-19(18-31-23(28)15-13-20-9-5-3-6-10-20)25(22(26)17-27-30-2)32-24(29)16-14-21-11-7-4-8-12-21/h3-17,19,22,25H,18H2,1-2H3/b15-13+,16-14+,27-17?/t19-,22+,25+/m0/s1. The Kier molecular flexibility index (Phi) is 10.4. The summed E-state index contributed by atoms with van der Waals surface area (Å²) < 4.78 is 25.1. The van der Waals surface area contributed by atoms with E-state index in [-0.39, 0.29) is 6.61 Å². The molecule has 0 spiro atoms. The van der Waals surface area contributed by atoms with Crippen LogP contribution in [0, 0.1) is 5.92 Å². The van der Waals surface area contributed by atoms with Crippen LogP contribution in [0.1, 0.15) is 18.1 Å². The van der Waals surface area contributed by atoms with Gasteiger partial charge in [0.05, 0.1) is 12.8 Å². The van der Waals surface area contributed by atoms with E-state index in [9.17, 15) is 14.0 Å². The minimum Gasteiger partial charge on any atom is -0.462 e. The van der Waals surface area contributed by atoms with Crippen molar-refractivity contribution in [2.45, 2.75) is 19.2 Å². The lowest BCUT2D eigenvalue weighted by Gasteiger charge is -2.24. The molecule has 0 unspecified atom stereocenters. The van der Waals surface area contributed by atoms with E-state index in [1.165, 1.54) is 19.3 Å². The lowest BCUT2D eigenvalue weighted by molar-refractivity contribution is -0.151. The molecular formula is C25H26FNO5. The predicted octanol–water partition coefficient (Wildman–Crippen LogP) is 4.47. The molecule has 0 saturated carbocycles. The monoisotopic (exact) mass is 439 g/mol. The Morgan fingerprint density at radius 3 is 2.00 bits per heavy atom. The zero-order chi connectivity index (χ0) is 23.2. The van der Waals surface area contributed by atoms with Crippen LogP contribution < -0.4 is 0 Å². The first kappa shape index (κ1) is 24.5.